The van der Waals surface area contributed by atoms with Crippen LogP contribution in [0.25, 0.3) is 0 Å². The number of aliphatic carboxylic acids is 1. The summed E-state index contributed by atoms with van der Waals surface area (Å²) in [5.74, 6) is -3.03. The molecule has 2 aromatic rings. The molecule has 204 valence electrons. The van der Waals surface area contributed by atoms with E-state index in [0.29, 0.717) is 11.4 Å². The van der Waals surface area contributed by atoms with Crippen molar-refractivity contribution in [3.05, 3.63) is 75.8 Å². The number of hydrogen-bond acceptors (Lipinski definition) is 7. The molecule has 2 atom stereocenters. The van der Waals surface area contributed by atoms with Crippen LogP contribution in [0, 0.1) is 15.5 Å². The predicted molar refractivity (Wildman–Crippen MR) is 138 cm³/mol. The van der Waals surface area contributed by atoms with Crippen LogP contribution in [0.4, 0.5) is 0 Å². The van der Waals surface area contributed by atoms with Gasteiger partial charge >= 0.3 is 5.97 Å². The molecule has 0 bridgehead atoms. The number of hydrogen-bond donors (Lipinski definition) is 5. The Morgan fingerprint density at radius 3 is 2.29 bits per heavy atom. The number of aromatic hydroxyl groups is 1. The molecule has 0 aliphatic carbocycles. The van der Waals surface area contributed by atoms with E-state index in [0.717, 1.165) is 11.1 Å². The minimum atomic E-state index is -1.37. The second kappa shape index (κ2) is 14.2. The van der Waals surface area contributed by atoms with E-state index in [-0.39, 0.29) is 43.9 Å². The van der Waals surface area contributed by atoms with Gasteiger partial charge in [0, 0.05) is 19.9 Å². The summed E-state index contributed by atoms with van der Waals surface area (Å²) in [7, 11) is 1.48. The van der Waals surface area contributed by atoms with Gasteiger partial charge in [-0.05, 0) is 42.5 Å². The number of hydrazine groups is 1. The molecule has 0 saturated heterocycles. The van der Waals surface area contributed by atoms with Gasteiger partial charge in [0.15, 0.2) is 5.03 Å². The highest BCUT2D eigenvalue weighted by atomic mass is 16.7. The SMILES string of the molecule is CN(C(=O)CCc1ccc(O)cc1)[C@@H](Cc1ccccc1)C(=O)NC(CCCN(C(=N)N)[N+](=O)[O-])C(=O)O. The van der Waals surface area contributed by atoms with Crippen molar-refractivity contribution in [2.24, 2.45) is 5.73 Å². The van der Waals surface area contributed by atoms with Crippen LogP contribution in [-0.4, -0.2) is 74.6 Å². The van der Waals surface area contributed by atoms with Gasteiger partial charge in [0.05, 0.1) is 6.54 Å². The van der Waals surface area contributed by atoms with Gasteiger partial charge < -0.3 is 26.2 Å². The minimum Gasteiger partial charge on any atom is -0.508 e. The molecule has 2 rings (SSSR count). The highest BCUT2D eigenvalue weighted by molar-refractivity contribution is 5.90. The first kappa shape index (κ1) is 29.5. The Labute approximate surface area is 219 Å². The lowest BCUT2D eigenvalue weighted by Crippen LogP contribution is -2.53. The normalized spacial score (nSPS) is 12.1. The molecule has 13 heteroatoms. The molecular formula is C25H32N6O7. The van der Waals surface area contributed by atoms with Crippen LogP contribution in [0.2, 0.25) is 0 Å². The van der Waals surface area contributed by atoms with Crippen LogP contribution < -0.4 is 11.1 Å². The molecule has 2 amide bonds. The van der Waals surface area contributed by atoms with E-state index >= 15 is 0 Å². The summed E-state index contributed by atoms with van der Waals surface area (Å²) in [4.78, 5) is 50.3. The van der Waals surface area contributed by atoms with Crippen molar-refractivity contribution in [3.8, 4) is 5.75 Å². The molecule has 0 heterocycles. The van der Waals surface area contributed by atoms with Crippen molar-refractivity contribution >= 4 is 23.7 Å². The number of carboxylic acid groups (broad SMARTS) is 1. The van der Waals surface area contributed by atoms with Crippen LogP contribution in [0.3, 0.4) is 0 Å². The first-order valence-electron chi connectivity index (χ1n) is 11.9. The molecule has 0 spiro atoms. The second-order valence-corrected chi connectivity index (χ2v) is 8.66. The maximum absolute atomic E-state index is 13.3. The number of nitro groups is 1. The van der Waals surface area contributed by atoms with Gasteiger partial charge in [-0.3, -0.25) is 15.0 Å². The number of nitrogens with one attached hydrogen (secondary N) is 2. The van der Waals surface area contributed by atoms with Crippen LogP contribution >= 0.6 is 0 Å². The Hall–Kier alpha value is -4.68. The van der Waals surface area contributed by atoms with Crippen LogP contribution in [-0.2, 0) is 27.2 Å². The van der Waals surface area contributed by atoms with Gasteiger partial charge in [0.2, 0.25) is 11.8 Å². The van der Waals surface area contributed by atoms with Gasteiger partial charge in [-0.25, -0.2) is 14.9 Å². The van der Waals surface area contributed by atoms with E-state index in [1.54, 1.807) is 42.5 Å². The predicted octanol–water partition coefficient (Wildman–Crippen LogP) is 1.13. The molecule has 1 unspecified atom stereocenters. The van der Waals surface area contributed by atoms with Crippen LogP contribution in [0.1, 0.15) is 30.4 Å². The van der Waals surface area contributed by atoms with E-state index in [1.807, 2.05) is 0 Å². The summed E-state index contributed by atoms with van der Waals surface area (Å²) in [6, 6.07) is 13.0. The number of carboxylic acids is 1. The number of aryl methyl sites for hydroxylation is 1. The van der Waals surface area contributed by atoms with E-state index in [2.05, 4.69) is 5.32 Å². The van der Waals surface area contributed by atoms with Crippen LogP contribution in [0.15, 0.2) is 54.6 Å². The maximum Gasteiger partial charge on any atom is 0.326 e. The zero-order valence-electron chi connectivity index (χ0n) is 20.9. The number of likely N-dealkylation sites (N-methyl/N-ethyl adjacent to an activating group) is 1. The third-order valence-corrected chi connectivity index (χ3v) is 5.95. The zero-order chi connectivity index (χ0) is 28.2. The molecular weight excluding hydrogens is 496 g/mol. The first-order chi connectivity index (χ1) is 18.0. The van der Waals surface area contributed by atoms with Gasteiger partial charge in [0.1, 0.15) is 17.8 Å². The molecule has 0 radical (unpaired) electrons. The average Bonchev–Trinajstić information content (AvgIpc) is 2.87. The Bertz CT molecular complexity index is 1110. The largest absolute Gasteiger partial charge is 0.508 e. The molecule has 0 fully saturated rings. The molecule has 0 aliphatic heterocycles. The summed E-state index contributed by atoms with van der Waals surface area (Å²) in [6.07, 6.45) is 0.408. The third kappa shape index (κ3) is 9.08. The van der Waals surface area contributed by atoms with E-state index < -0.39 is 35.0 Å². The average molecular weight is 529 g/mol. The molecule has 13 nitrogen and oxygen atoms in total. The monoisotopic (exact) mass is 528 g/mol. The highest BCUT2D eigenvalue weighted by Gasteiger charge is 2.31. The van der Waals surface area contributed by atoms with Gasteiger partial charge in [-0.15, -0.1) is 0 Å². The number of phenolic OH excluding ortho intramolecular Hbond substituents is 1. The van der Waals surface area contributed by atoms with Gasteiger partial charge in [0.25, 0.3) is 5.96 Å². The molecule has 38 heavy (non-hydrogen) atoms. The standard InChI is InChI=1S/C25H32N6O7/c1-29(22(33)14-11-17-9-12-19(32)13-10-17)21(16-18-6-3-2-4-7-18)23(34)28-20(24(35)36)8-5-15-30(25(26)27)31(37)38/h2-4,6-7,9-10,12-13,20-21,32H,5,8,11,14-16H2,1H3,(H3,26,27)(H,28,34)(H,35,36)/t20?,21-/m0/s1. The summed E-state index contributed by atoms with van der Waals surface area (Å²) in [5, 5.41) is 39.2. The molecule has 6 N–H and O–H groups in total. The van der Waals surface area contributed by atoms with Crippen molar-refractivity contribution in [3.63, 3.8) is 0 Å². The molecule has 2 aromatic carbocycles. The van der Waals surface area contributed by atoms with Crippen molar-refractivity contribution < 1.29 is 29.6 Å². The fourth-order valence-corrected chi connectivity index (χ4v) is 3.77. The van der Waals surface area contributed by atoms with Crippen molar-refractivity contribution in [1.29, 1.82) is 5.41 Å². The Morgan fingerprint density at radius 1 is 1.11 bits per heavy atom. The van der Waals surface area contributed by atoms with E-state index in [4.69, 9.17) is 11.1 Å². The maximum atomic E-state index is 13.3. The quantitative estimate of drug-likeness (QED) is 0.103. The Morgan fingerprint density at radius 2 is 1.74 bits per heavy atom. The smallest absolute Gasteiger partial charge is 0.326 e. The number of nitrogens with two attached hydrogens (primary N) is 1. The summed E-state index contributed by atoms with van der Waals surface area (Å²) in [5.41, 5.74) is 6.76. The number of amides is 2. The van der Waals surface area contributed by atoms with Crippen molar-refractivity contribution in [2.45, 2.75) is 44.2 Å². The topological polar surface area (TPSA) is 203 Å². The zero-order valence-corrected chi connectivity index (χ0v) is 20.9. The van der Waals surface area contributed by atoms with Crippen molar-refractivity contribution in [2.75, 3.05) is 13.6 Å². The van der Waals surface area contributed by atoms with E-state index in [9.17, 15) is 34.7 Å². The minimum absolute atomic E-state index is 0.0391. The number of carbonyl (C=O) groups is 3. The third-order valence-electron chi connectivity index (χ3n) is 5.95. The number of phenols is 1. The summed E-state index contributed by atoms with van der Waals surface area (Å²) < 4.78 is 0. The molecule has 0 saturated carbocycles. The Balaban J connectivity index is 2.12. The lowest BCUT2D eigenvalue weighted by molar-refractivity contribution is -0.629. The number of benzene rings is 2. The lowest BCUT2D eigenvalue weighted by Gasteiger charge is -2.29. The van der Waals surface area contributed by atoms with Crippen molar-refractivity contribution in [1.82, 2.24) is 15.2 Å². The molecule has 0 aromatic heterocycles. The first-order valence-corrected chi connectivity index (χ1v) is 11.9. The lowest BCUT2D eigenvalue weighted by atomic mass is 10.0. The fraction of sp³-hybridized carbons (Fsp3) is 0.360. The van der Waals surface area contributed by atoms with Crippen LogP contribution in [0.5, 0.6) is 5.75 Å². The van der Waals surface area contributed by atoms with Gasteiger partial charge in [-0.2, -0.15) is 0 Å². The fourth-order valence-electron chi connectivity index (χ4n) is 3.77. The number of nitrogens with zero attached hydrogens (tertiary/aromatic N) is 3. The van der Waals surface area contributed by atoms with E-state index in [1.165, 1.54) is 24.1 Å². The summed E-state index contributed by atoms with van der Waals surface area (Å²) in [6.45, 7) is -0.314. The molecule has 0 aliphatic rings. The number of rotatable bonds is 14. The Kier molecular flexibility index (Phi) is 11.0. The highest BCUT2D eigenvalue weighted by Crippen LogP contribution is 2.14. The number of carbonyl (C=O) groups excluding carboxylic acids is 2. The summed E-state index contributed by atoms with van der Waals surface area (Å²) >= 11 is 0. The number of guanidine groups is 1. The second-order valence-electron chi connectivity index (χ2n) is 8.66. The van der Waals surface area contributed by atoms with Gasteiger partial charge in [-0.1, -0.05) is 47.5 Å².